The fourth-order valence-electron chi connectivity index (χ4n) is 1.87. The second kappa shape index (κ2) is 4.87. The van der Waals surface area contributed by atoms with E-state index in [1.54, 1.807) is 0 Å². The lowest BCUT2D eigenvalue weighted by atomic mass is 9.88. The van der Waals surface area contributed by atoms with Crippen LogP contribution in [0.4, 0.5) is 10.1 Å². The molecular formula is C11H12FNO5. The molecular weight excluding hydrogens is 245 g/mol. The molecule has 0 aliphatic heterocycles. The maximum atomic E-state index is 13.3. The fraction of sp³-hybridized carbons (Fsp3) is 0.455. The molecule has 3 unspecified atom stereocenters. The van der Waals surface area contributed by atoms with Crippen LogP contribution in [-0.2, 0) is 4.74 Å². The zero-order valence-corrected chi connectivity index (χ0v) is 9.58. The zero-order chi connectivity index (χ0) is 13.3. The quantitative estimate of drug-likeness (QED) is 0.648. The molecule has 0 saturated heterocycles. The predicted molar refractivity (Wildman–Crippen MR) is 58.9 cm³/mol. The summed E-state index contributed by atoms with van der Waals surface area (Å²) in [5, 5.41) is 19.8. The molecule has 1 N–H and O–H groups in total. The second-order valence-corrected chi connectivity index (χ2v) is 4.03. The van der Waals surface area contributed by atoms with Crippen LogP contribution >= 0.6 is 0 Å². The van der Waals surface area contributed by atoms with E-state index in [0.29, 0.717) is 6.42 Å². The van der Waals surface area contributed by atoms with Crippen LogP contribution in [0.2, 0.25) is 0 Å². The summed E-state index contributed by atoms with van der Waals surface area (Å²) in [6.07, 6.45) is -1.03. The van der Waals surface area contributed by atoms with Gasteiger partial charge >= 0.3 is 5.69 Å². The van der Waals surface area contributed by atoms with Gasteiger partial charge in [-0.2, -0.15) is 4.39 Å². The molecule has 0 radical (unpaired) electrons. The highest BCUT2D eigenvalue weighted by Gasteiger charge is 2.42. The predicted octanol–water partition coefficient (Wildman–Crippen LogP) is 1.26. The highest BCUT2D eigenvalue weighted by Crippen LogP contribution is 2.30. The minimum absolute atomic E-state index is 0.178. The lowest BCUT2D eigenvalue weighted by Crippen LogP contribution is -2.54. The van der Waals surface area contributed by atoms with Crippen LogP contribution < -0.4 is 4.74 Å². The maximum absolute atomic E-state index is 13.3. The summed E-state index contributed by atoms with van der Waals surface area (Å²) in [4.78, 5) is 9.63. The summed E-state index contributed by atoms with van der Waals surface area (Å²) in [6, 6.07) is 3.32. The van der Waals surface area contributed by atoms with Crippen molar-refractivity contribution >= 4 is 5.69 Å². The van der Waals surface area contributed by atoms with Crippen molar-refractivity contribution in [2.75, 3.05) is 7.11 Å². The fourth-order valence-corrected chi connectivity index (χ4v) is 1.87. The van der Waals surface area contributed by atoms with Crippen LogP contribution in [0.1, 0.15) is 6.42 Å². The summed E-state index contributed by atoms with van der Waals surface area (Å²) in [6.45, 7) is 0. The highest BCUT2D eigenvalue weighted by atomic mass is 19.1. The number of halogens is 1. The summed E-state index contributed by atoms with van der Waals surface area (Å²) in [5.41, 5.74) is -0.598. The van der Waals surface area contributed by atoms with E-state index in [1.165, 1.54) is 13.2 Å². The van der Waals surface area contributed by atoms with Gasteiger partial charge in [0.15, 0.2) is 0 Å². The molecule has 1 saturated carbocycles. The molecule has 98 valence electrons. The normalized spacial score (nSPS) is 26.5. The summed E-state index contributed by atoms with van der Waals surface area (Å²) in [5.74, 6) is -0.775. The van der Waals surface area contributed by atoms with Crippen LogP contribution in [0.5, 0.6) is 5.75 Å². The Kier molecular flexibility index (Phi) is 3.44. The standard InChI is InChI=1S/C11H12FNO5/c1-17-11-9(14)5-10(11)18-6-2-3-8(13(15)16)7(12)4-6/h2-4,9-11,14H,5H2,1H3. The van der Waals surface area contributed by atoms with E-state index in [2.05, 4.69) is 0 Å². The molecule has 1 aromatic rings. The molecule has 1 aromatic carbocycles. The van der Waals surface area contributed by atoms with Crippen molar-refractivity contribution in [2.45, 2.75) is 24.7 Å². The van der Waals surface area contributed by atoms with Gasteiger partial charge in [-0.05, 0) is 6.07 Å². The van der Waals surface area contributed by atoms with E-state index < -0.39 is 28.6 Å². The molecule has 1 fully saturated rings. The molecule has 7 heteroatoms. The van der Waals surface area contributed by atoms with E-state index in [0.717, 1.165) is 12.1 Å². The Morgan fingerprint density at radius 1 is 1.56 bits per heavy atom. The number of hydrogen-bond acceptors (Lipinski definition) is 5. The Labute approximate surface area is 102 Å². The number of nitrogens with zero attached hydrogens (tertiary/aromatic N) is 1. The first-order valence-corrected chi connectivity index (χ1v) is 5.34. The van der Waals surface area contributed by atoms with Gasteiger partial charge in [0, 0.05) is 25.7 Å². The molecule has 0 amide bonds. The number of benzene rings is 1. The Balaban J connectivity index is 2.07. The van der Waals surface area contributed by atoms with Crippen LogP contribution in [-0.4, -0.2) is 35.5 Å². The number of hydrogen-bond donors (Lipinski definition) is 1. The van der Waals surface area contributed by atoms with Crippen molar-refractivity contribution in [1.29, 1.82) is 0 Å². The molecule has 1 aliphatic carbocycles. The van der Waals surface area contributed by atoms with Crippen molar-refractivity contribution in [1.82, 2.24) is 0 Å². The third-order valence-electron chi connectivity index (χ3n) is 2.89. The van der Waals surface area contributed by atoms with Crippen LogP contribution in [0, 0.1) is 15.9 Å². The lowest BCUT2D eigenvalue weighted by molar-refractivity contribution is -0.387. The second-order valence-electron chi connectivity index (χ2n) is 4.03. The van der Waals surface area contributed by atoms with Crippen molar-refractivity contribution in [3.63, 3.8) is 0 Å². The van der Waals surface area contributed by atoms with Crippen molar-refractivity contribution in [3.05, 3.63) is 34.1 Å². The number of nitro groups is 1. The van der Waals surface area contributed by atoms with E-state index in [-0.39, 0.29) is 11.9 Å². The van der Waals surface area contributed by atoms with Crippen molar-refractivity contribution in [3.8, 4) is 5.75 Å². The van der Waals surface area contributed by atoms with Gasteiger partial charge in [-0.1, -0.05) is 0 Å². The van der Waals surface area contributed by atoms with Gasteiger partial charge in [-0.25, -0.2) is 0 Å². The van der Waals surface area contributed by atoms with Gasteiger partial charge in [0.25, 0.3) is 0 Å². The molecule has 18 heavy (non-hydrogen) atoms. The number of aliphatic hydroxyl groups is 1. The Bertz CT molecular complexity index is 467. The van der Waals surface area contributed by atoms with Crippen molar-refractivity contribution in [2.24, 2.45) is 0 Å². The third-order valence-corrected chi connectivity index (χ3v) is 2.89. The third kappa shape index (κ3) is 2.27. The first kappa shape index (κ1) is 12.7. The van der Waals surface area contributed by atoms with E-state index in [4.69, 9.17) is 9.47 Å². The Morgan fingerprint density at radius 2 is 2.28 bits per heavy atom. The Morgan fingerprint density at radius 3 is 2.78 bits per heavy atom. The van der Waals surface area contributed by atoms with E-state index in [1.807, 2.05) is 0 Å². The largest absolute Gasteiger partial charge is 0.487 e. The molecule has 6 nitrogen and oxygen atoms in total. The zero-order valence-electron chi connectivity index (χ0n) is 9.58. The summed E-state index contributed by atoms with van der Waals surface area (Å²) < 4.78 is 23.7. The summed E-state index contributed by atoms with van der Waals surface area (Å²) >= 11 is 0. The minimum atomic E-state index is -0.952. The van der Waals surface area contributed by atoms with Crippen LogP contribution in [0.3, 0.4) is 0 Å². The van der Waals surface area contributed by atoms with Crippen LogP contribution in [0.25, 0.3) is 0 Å². The smallest absolute Gasteiger partial charge is 0.305 e. The molecule has 2 rings (SSSR count). The monoisotopic (exact) mass is 257 g/mol. The van der Waals surface area contributed by atoms with Gasteiger partial charge in [-0.15, -0.1) is 0 Å². The summed E-state index contributed by atoms with van der Waals surface area (Å²) in [7, 11) is 1.44. The molecule has 1 aliphatic rings. The number of aliphatic hydroxyl groups excluding tert-OH is 1. The van der Waals surface area contributed by atoms with Gasteiger partial charge in [0.05, 0.1) is 11.0 Å². The molecule has 0 heterocycles. The average Bonchev–Trinajstić information content (AvgIpc) is 2.28. The van der Waals surface area contributed by atoms with Gasteiger partial charge in [0.2, 0.25) is 5.82 Å². The maximum Gasteiger partial charge on any atom is 0.305 e. The number of rotatable bonds is 4. The van der Waals surface area contributed by atoms with E-state index in [9.17, 15) is 19.6 Å². The molecule has 0 spiro atoms. The number of methoxy groups -OCH3 is 1. The number of ether oxygens (including phenoxy) is 2. The minimum Gasteiger partial charge on any atom is -0.487 e. The number of nitro benzene ring substituents is 1. The SMILES string of the molecule is COC1C(O)CC1Oc1ccc([N+](=O)[O-])c(F)c1. The van der Waals surface area contributed by atoms with E-state index >= 15 is 0 Å². The van der Waals surface area contributed by atoms with Crippen LogP contribution in [0.15, 0.2) is 18.2 Å². The van der Waals surface area contributed by atoms with Gasteiger partial charge < -0.3 is 14.6 Å². The van der Waals surface area contributed by atoms with Crippen molar-refractivity contribution < 1.29 is 23.9 Å². The average molecular weight is 257 g/mol. The highest BCUT2D eigenvalue weighted by molar-refractivity contribution is 5.38. The topological polar surface area (TPSA) is 81.8 Å². The Hall–Kier alpha value is -1.73. The van der Waals surface area contributed by atoms with Gasteiger partial charge in [0.1, 0.15) is 18.0 Å². The lowest BCUT2D eigenvalue weighted by Gasteiger charge is -2.39. The first-order valence-electron chi connectivity index (χ1n) is 5.34. The molecule has 0 bridgehead atoms. The first-order chi connectivity index (χ1) is 8.52. The molecule has 0 aromatic heterocycles. The van der Waals surface area contributed by atoms with Gasteiger partial charge in [-0.3, -0.25) is 10.1 Å². The molecule has 3 atom stereocenters.